The number of hydrogen-bond acceptors (Lipinski definition) is 4. The first-order valence-corrected chi connectivity index (χ1v) is 11.2. The van der Waals surface area contributed by atoms with Crippen molar-refractivity contribution < 1.29 is 14.7 Å². The van der Waals surface area contributed by atoms with Crippen LogP contribution in [0.5, 0.6) is 0 Å². The molecule has 0 saturated carbocycles. The van der Waals surface area contributed by atoms with E-state index in [2.05, 4.69) is 0 Å². The maximum atomic E-state index is 13.3. The molecule has 5 rings (SSSR count). The van der Waals surface area contributed by atoms with E-state index in [4.69, 9.17) is 0 Å². The van der Waals surface area contributed by atoms with Gasteiger partial charge < -0.3 is 5.11 Å². The largest absolute Gasteiger partial charge is 0.507 e. The molecule has 1 amide bonds. The molecule has 1 fully saturated rings. The SMILES string of the molecule is Cc1cccc(N2C(=O)C(=O)/C(=C(/O)c3cccc4ccccc34)C2c2sccc2C)c1. The number of fused-ring (bicyclic) bond motifs is 1. The Bertz CT molecular complexity index is 1410. The first-order chi connectivity index (χ1) is 15.5. The minimum atomic E-state index is -0.684. The summed E-state index contributed by atoms with van der Waals surface area (Å²) >= 11 is 1.48. The van der Waals surface area contributed by atoms with Crippen molar-refractivity contribution in [3.63, 3.8) is 0 Å². The van der Waals surface area contributed by atoms with E-state index in [1.54, 1.807) is 6.07 Å². The third-order valence-electron chi connectivity index (χ3n) is 5.92. The Morgan fingerprint density at radius 3 is 2.44 bits per heavy atom. The number of aliphatic hydroxyl groups is 1. The highest BCUT2D eigenvalue weighted by molar-refractivity contribution is 7.10. The minimum absolute atomic E-state index is 0.124. The van der Waals surface area contributed by atoms with E-state index in [-0.39, 0.29) is 11.3 Å². The average Bonchev–Trinajstić information content (AvgIpc) is 3.33. The highest BCUT2D eigenvalue weighted by atomic mass is 32.1. The van der Waals surface area contributed by atoms with Crippen molar-refractivity contribution in [3.05, 3.63) is 105 Å². The smallest absolute Gasteiger partial charge is 0.300 e. The van der Waals surface area contributed by atoms with Crippen LogP contribution >= 0.6 is 11.3 Å². The summed E-state index contributed by atoms with van der Waals surface area (Å²) in [4.78, 5) is 29.0. The molecule has 0 spiro atoms. The molecule has 1 aliphatic heterocycles. The van der Waals surface area contributed by atoms with E-state index in [0.29, 0.717) is 11.3 Å². The van der Waals surface area contributed by atoms with Crippen LogP contribution in [0.3, 0.4) is 0 Å². The molecule has 4 nitrogen and oxygen atoms in total. The fourth-order valence-corrected chi connectivity index (χ4v) is 5.39. The summed E-state index contributed by atoms with van der Waals surface area (Å²) in [6, 6.07) is 22.1. The van der Waals surface area contributed by atoms with Gasteiger partial charge in [-0.3, -0.25) is 14.5 Å². The molecule has 0 aliphatic carbocycles. The summed E-state index contributed by atoms with van der Waals surface area (Å²) in [5.74, 6) is -1.45. The van der Waals surface area contributed by atoms with E-state index < -0.39 is 17.7 Å². The number of carbonyl (C=O) groups is 2. The lowest BCUT2D eigenvalue weighted by Gasteiger charge is -2.25. The van der Waals surface area contributed by atoms with E-state index in [1.165, 1.54) is 16.2 Å². The highest BCUT2D eigenvalue weighted by Gasteiger charge is 2.48. The summed E-state index contributed by atoms with van der Waals surface area (Å²) in [6.45, 7) is 3.90. The lowest BCUT2D eigenvalue weighted by atomic mass is 9.95. The zero-order valence-corrected chi connectivity index (χ0v) is 18.5. The van der Waals surface area contributed by atoms with Gasteiger partial charge in [-0.15, -0.1) is 11.3 Å². The third-order valence-corrected chi connectivity index (χ3v) is 6.99. The number of aliphatic hydroxyl groups excluding tert-OH is 1. The van der Waals surface area contributed by atoms with Crippen molar-refractivity contribution in [1.29, 1.82) is 0 Å². The Morgan fingerprint density at radius 1 is 0.938 bits per heavy atom. The Morgan fingerprint density at radius 2 is 1.69 bits per heavy atom. The summed E-state index contributed by atoms with van der Waals surface area (Å²) in [5, 5.41) is 15.2. The van der Waals surface area contributed by atoms with Crippen LogP contribution in [0.4, 0.5) is 5.69 Å². The molecule has 1 atom stereocenters. The first-order valence-electron chi connectivity index (χ1n) is 10.4. The van der Waals surface area contributed by atoms with Crippen molar-refractivity contribution in [2.45, 2.75) is 19.9 Å². The number of nitrogens with zero attached hydrogens (tertiary/aromatic N) is 1. The fourth-order valence-electron chi connectivity index (χ4n) is 4.37. The molecule has 0 bridgehead atoms. The number of ketones is 1. The molecule has 4 aromatic rings. The molecule has 2 heterocycles. The fraction of sp³-hybridized carbons (Fsp3) is 0.111. The Kier molecular flexibility index (Phi) is 4.91. The summed E-state index contributed by atoms with van der Waals surface area (Å²) < 4.78 is 0. The van der Waals surface area contributed by atoms with Gasteiger partial charge in [0, 0.05) is 16.1 Å². The maximum absolute atomic E-state index is 13.3. The third kappa shape index (κ3) is 3.13. The standard InChI is InChI=1S/C27H21NO3S/c1-16-7-5-10-19(15-16)28-23(26-17(2)13-14-32-26)22(25(30)27(28)31)24(29)21-12-6-9-18-8-3-4-11-20(18)21/h3-15,23,29H,1-2H3/b24-22+. The van der Waals surface area contributed by atoms with Crippen LogP contribution in [0.1, 0.15) is 27.6 Å². The molecule has 1 aliphatic rings. The quantitative estimate of drug-likeness (QED) is 0.237. The lowest BCUT2D eigenvalue weighted by molar-refractivity contribution is -0.132. The number of amides is 1. The minimum Gasteiger partial charge on any atom is -0.507 e. The number of benzene rings is 3. The van der Waals surface area contributed by atoms with Crippen LogP contribution in [-0.2, 0) is 9.59 Å². The molecular weight excluding hydrogens is 418 g/mol. The molecule has 1 unspecified atom stereocenters. The Balaban J connectivity index is 1.79. The number of rotatable bonds is 3. The summed E-state index contributed by atoms with van der Waals surface area (Å²) in [7, 11) is 0. The van der Waals surface area contributed by atoms with Gasteiger partial charge in [-0.2, -0.15) is 0 Å². The number of carbonyl (C=O) groups excluding carboxylic acids is 2. The predicted octanol–water partition coefficient (Wildman–Crippen LogP) is 6.14. The van der Waals surface area contributed by atoms with E-state index in [1.807, 2.05) is 86.0 Å². The monoisotopic (exact) mass is 439 g/mol. The molecule has 5 heteroatoms. The lowest BCUT2D eigenvalue weighted by Crippen LogP contribution is -2.29. The Hall–Kier alpha value is -3.70. The van der Waals surface area contributed by atoms with Crippen molar-refractivity contribution in [2.24, 2.45) is 0 Å². The van der Waals surface area contributed by atoms with E-state index >= 15 is 0 Å². The second-order valence-corrected chi connectivity index (χ2v) is 8.95. The Labute approximate surface area is 190 Å². The zero-order valence-electron chi connectivity index (χ0n) is 17.7. The average molecular weight is 440 g/mol. The van der Waals surface area contributed by atoms with E-state index in [0.717, 1.165) is 26.8 Å². The van der Waals surface area contributed by atoms with Crippen molar-refractivity contribution in [2.75, 3.05) is 4.90 Å². The molecule has 0 radical (unpaired) electrons. The van der Waals surface area contributed by atoms with Gasteiger partial charge in [0.1, 0.15) is 11.8 Å². The van der Waals surface area contributed by atoms with Gasteiger partial charge in [0.15, 0.2) is 0 Å². The van der Waals surface area contributed by atoms with Crippen LogP contribution < -0.4 is 4.90 Å². The maximum Gasteiger partial charge on any atom is 0.300 e. The number of hydrogen-bond donors (Lipinski definition) is 1. The number of Topliss-reactive ketones (excluding diaryl/α,β-unsaturated/α-hetero) is 1. The van der Waals surface area contributed by atoms with Crippen molar-refractivity contribution in [1.82, 2.24) is 0 Å². The number of thiophene rings is 1. The highest BCUT2D eigenvalue weighted by Crippen LogP contribution is 2.45. The molecule has 3 aromatic carbocycles. The normalized spacial score (nSPS) is 17.9. The predicted molar refractivity (Wildman–Crippen MR) is 129 cm³/mol. The van der Waals surface area contributed by atoms with Crippen LogP contribution in [0.25, 0.3) is 16.5 Å². The molecule has 1 saturated heterocycles. The van der Waals surface area contributed by atoms with Crippen LogP contribution in [0, 0.1) is 13.8 Å². The van der Waals surface area contributed by atoms with Crippen molar-refractivity contribution >= 4 is 45.2 Å². The molecule has 1 N–H and O–H groups in total. The number of anilines is 1. The van der Waals surface area contributed by atoms with Crippen LogP contribution in [0.15, 0.2) is 83.7 Å². The van der Waals surface area contributed by atoms with Gasteiger partial charge in [-0.1, -0.05) is 54.6 Å². The first kappa shape index (κ1) is 20.2. The number of aryl methyl sites for hydroxylation is 2. The second-order valence-electron chi connectivity index (χ2n) is 8.00. The van der Waals surface area contributed by atoms with Gasteiger partial charge >= 0.3 is 0 Å². The molecule has 1 aromatic heterocycles. The van der Waals surface area contributed by atoms with Gasteiger partial charge in [0.25, 0.3) is 11.7 Å². The topological polar surface area (TPSA) is 57.6 Å². The van der Waals surface area contributed by atoms with Crippen LogP contribution in [0.2, 0.25) is 0 Å². The second kappa shape index (κ2) is 7.77. The molecule has 32 heavy (non-hydrogen) atoms. The molecule has 158 valence electrons. The van der Waals surface area contributed by atoms with Crippen LogP contribution in [-0.4, -0.2) is 16.8 Å². The summed E-state index contributed by atoms with van der Waals surface area (Å²) in [6.07, 6.45) is 0. The summed E-state index contributed by atoms with van der Waals surface area (Å²) in [5.41, 5.74) is 3.27. The van der Waals surface area contributed by atoms with Gasteiger partial charge in [-0.05, 0) is 59.3 Å². The molecular formula is C27H21NO3S. The van der Waals surface area contributed by atoms with Gasteiger partial charge in [0.05, 0.1) is 5.57 Å². The van der Waals surface area contributed by atoms with Gasteiger partial charge in [-0.25, -0.2) is 0 Å². The van der Waals surface area contributed by atoms with Crippen molar-refractivity contribution in [3.8, 4) is 0 Å². The zero-order chi connectivity index (χ0) is 22.4. The van der Waals surface area contributed by atoms with Gasteiger partial charge in [0.2, 0.25) is 0 Å². The van der Waals surface area contributed by atoms with E-state index in [9.17, 15) is 14.7 Å².